The maximum atomic E-state index is 11.7. The molecule has 2 aromatic carbocycles. The Morgan fingerprint density at radius 3 is 2.58 bits per heavy atom. The second-order valence-electron chi connectivity index (χ2n) is 4.20. The zero-order valence-electron chi connectivity index (χ0n) is 10.6. The molecule has 0 unspecified atom stereocenters. The van der Waals surface area contributed by atoms with Crippen molar-refractivity contribution in [1.82, 2.24) is 0 Å². The summed E-state index contributed by atoms with van der Waals surface area (Å²) in [5.41, 5.74) is 2.66. The van der Waals surface area contributed by atoms with Gasteiger partial charge in [0.25, 0.3) is 0 Å². The van der Waals surface area contributed by atoms with E-state index in [2.05, 4.69) is 5.32 Å². The summed E-state index contributed by atoms with van der Waals surface area (Å²) in [7, 11) is 0. The van der Waals surface area contributed by atoms with Gasteiger partial charge in [-0.25, -0.2) is 0 Å². The third-order valence-corrected chi connectivity index (χ3v) is 3.07. The van der Waals surface area contributed by atoms with Gasteiger partial charge >= 0.3 is 0 Å². The highest BCUT2D eigenvalue weighted by molar-refractivity contribution is 6.31. The first-order chi connectivity index (χ1) is 9.15. The molecule has 0 spiro atoms. The van der Waals surface area contributed by atoms with E-state index in [1.54, 1.807) is 12.1 Å². The molecular weight excluding hydrogens is 258 g/mol. The molecule has 0 aliphatic rings. The maximum Gasteiger partial charge on any atom is 0.248 e. The molecule has 96 valence electrons. The fourth-order valence-corrected chi connectivity index (χ4v) is 1.77. The first-order valence-corrected chi connectivity index (χ1v) is 6.33. The number of rotatable bonds is 3. The summed E-state index contributed by atoms with van der Waals surface area (Å²) in [5, 5.41) is 3.41. The molecule has 0 aliphatic carbocycles. The Morgan fingerprint density at radius 1 is 1.16 bits per heavy atom. The standard InChI is InChI=1S/C16H14ClNO/c1-12-7-9-14(11-15(12)17)18-16(19)10-8-13-5-3-2-4-6-13/h2-11H,1H3,(H,18,19). The van der Waals surface area contributed by atoms with E-state index in [9.17, 15) is 4.79 Å². The molecule has 2 aromatic rings. The highest BCUT2D eigenvalue weighted by Crippen LogP contribution is 2.19. The van der Waals surface area contributed by atoms with Crippen LogP contribution in [0.1, 0.15) is 11.1 Å². The molecule has 1 N–H and O–H groups in total. The highest BCUT2D eigenvalue weighted by Gasteiger charge is 2.00. The first-order valence-electron chi connectivity index (χ1n) is 5.95. The van der Waals surface area contributed by atoms with Crippen molar-refractivity contribution >= 4 is 29.3 Å². The van der Waals surface area contributed by atoms with Crippen molar-refractivity contribution in [2.24, 2.45) is 0 Å². The predicted octanol–water partition coefficient (Wildman–Crippen LogP) is 4.30. The van der Waals surface area contributed by atoms with E-state index in [0.717, 1.165) is 11.1 Å². The van der Waals surface area contributed by atoms with Gasteiger partial charge in [-0.1, -0.05) is 48.0 Å². The predicted molar refractivity (Wildman–Crippen MR) is 80.3 cm³/mol. The van der Waals surface area contributed by atoms with Crippen molar-refractivity contribution in [2.75, 3.05) is 5.32 Å². The van der Waals surface area contributed by atoms with Crippen LogP contribution in [0.3, 0.4) is 0 Å². The minimum atomic E-state index is -0.177. The van der Waals surface area contributed by atoms with E-state index < -0.39 is 0 Å². The van der Waals surface area contributed by atoms with Crippen LogP contribution in [0.5, 0.6) is 0 Å². The van der Waals surface area contributed by atoms with Crippen molar-refractivity contribution in [3.63, 3.8) is 0 Å². The third-order valence-electron chi connectivity index (χ3n) is 2.67. The molecule has 0 radical (unpaired) electrons. The Labute approximate surface area is 117 Å². The van der Waals surface area contributed by atoms with E-state index in [1.165, 1.54) is 6.08 Å². The van der Waals surface area contributed by atoms with Crippen molar-refractivity contribution in [3.05, 3.63) is 70.8 Å². The minimum absolute atomic E-state index is 0.177. The molecule has 0 saturated carbocycles. The van der Waals surface area contributed by atoms with Crippen LogP contribution in [-0.4, -0.2) is 5.91 Å². The van der Waals surface area contributed by atoms with Crippen molar-refractivity contribution < 1.29 is 4.79 Å². The number of hydrogen-bond acceptors (Lipinski definition) is 1. The second kappa shape index (κ2) is 6.21. The van der Waals surface area contributed by atoms with Crippen molar-refractivity contribution in [3.8, 4) is 0 Å². The van der Waals surface area contributed by atoms with E-state index in [0.29, 0.717) is 10.7 Å². The number of anilines is 1. The average molecular weight is 272 g/mol. The molecule has 3 heteroatoms. The zero-order chi connectivity index (χ0) is 13.7. The summed E-state index contributed by atoms with van der Waals surface area (Å²) < 4.78 is 0. The van der Waals surface area contributed by atoms with Crippen LogP contribution in [0.4, 0.5) is 5.69 Å². The largest absolute Gasteiger partial charge is 0.322 e. The molecule has 2 rings (SSSR count). The van der Waals surface area contributed by atoms with Gasteiger partial charge in [-0.2, -0.15) is 0 Å². The Bertz CT molecular complexity index is 605. The normalized spacial score (nSPS) is 10.6. The number of benzene rings is 2. The molecule has 0 aromatic heterocycles. The van der Waals surface area contributed by atoms with Gasteiger partial charge in [0.2, 0.25) is 5.91 Å². The third kappa shape index (κ3) is 3.97. The second-order valence-corrected chi connectivity index (χ2v) is 4.60. The summed E-state index contributed by atoms with van der Waals surface area (Å²) in [4.78, 5) is 11.7. The number of carbonyl (C=O) groups is 1. The number of nitrogens with one attached hydrogen (secondary N) is 1. The number of carbonyl (C=O) groups excluding carboxylic acids is 1. The van der Waals surface area contributed by atoms with Crippen LogP contribution >= 0.6 is 11.6 Å². The van der Waals surface area contributed by atoms with E-state index in [-0.39, 0.29) is 5.91 Å². The topological polar surface area (TPSA) is 29.1 Å². The lowest BCUT2D eigenvalue weighted by molar-refractivity contribution is -0.111. The van der Waals surface area contributed by atoms with Gasteiger partial charge in [0.1, 0.15) is 0 Å². The molecule has 0 bridgehead atoms. The van der Waals surface area contributed by atoms with Gasteiger partial charge in [-0.05, 0) is 36.3 Å². The number of hydrogen-bond donors (Lipinski definition) is 1. The molecular formula is C16H14ClNO. The van der Waals surface area contributed by atoms with E-state index in [1.807, 2.05) is 49.4 Å². The highest BCUT2D eigenvalue weighted by atomic mass is 35.5. The fraction of sp³-hybridized carbons (Fsp3) is 0.0625. The van der Waals surface area contributed by atoms with E-state index >= 15 is 0 Å². The Hall–Kier alpha value is -2.06. The Balaban J connectivity index is 2.01. The molecule has 0 atom stereocenters. The summed E-state index contributed by atoms with van der Waals surface area (Å²) in [5.74, 6) is -0.177. The van der Waals surface area contributed by atoms with Gasteiger partial charge in [0.15, 0.2) is 0 Å². The van der Waals surface area contributed by atoms with Gasteiger partial charge in [0.05, 0.1) is 0 Å². The lowest BCUT2D eigenvalue weighted by Gasteiger charge is -2.04. The molecule has 2 nitrogen and oxygen atoms in total. The smallest absolute Gasteiger partial charge is 0.248 e. The summed E-state index contributed by atoms with van der Waals surface area (Å²) in [6, 6.07) is 15.1. The maximum absolute atomic E-state index is 11.7. The molecule has 0 fully saturated rings. The molecule has 19 heavy (non-hydrogen) atoms. The number of amides is 1. The molecule has 0 heterocycles. The van der Waals surface area contributed by atoms with Crippen LogP contribution in [-0.2, 0) is 4.79 Å². The number of halogens is 1. The zero-order valence-corrected chi connectivity index (χ0v) is 11.3. The van der Waals surface area contributed by atoms with Gasteiger partial charge in [-0.3, -0.25) is 4.79 Å². The minimum Gasteiger partial charge on any atom is -0.322 e. The summed E-state index contributed by atoms with van der Waals surface area (Å²) in [6.45, 7) is 1.92. The van der Waals surface area contributed by atoms with E-state index in [4.69, 9.17) is 11.6 Å². The van der Waals surface area contributed by atoms with Gasteiger partial charge in [-0.15, -0.1) is 0 Å². The van der Waals surface area contributed by atoms with Crippen LogP contribution in [0, 0.1) is 6.92 Å². The van der Waals surface area contributed by atoms with Crippen LogP contribution in [0.2, 0.25) is 5.02 Å². The monoisotopic (exact) mass is 271 g/mol. The van der Waals surface area contributed by atoms with Crippen LogP contribution in [0.15, 0.2) is 54.6 Å². The van der Waals surface area contributed by atoms with Gasteiger partial charge in [0, 0.05) is 16.8 Å². The summed E-state index contributed by atoms with van der Waals surface area (Å²) >= 11 is 6.00. The lowest BCUT2D eigenvalue weighted by Crippen LogP contribution is -2.07. The quantitative estimate of drug-likeness (QED) is 0.829. The number of aryl methyl sites for hydroxylation is 1. The van der Waals surface area contributed by atoms with Crippen LogP contribution < -0.4 is 5.32 Å². The van der Waals surface area contributed by atoms with Crippen molar-refractivity contribution in [1.29, 1.82) is 0 Å². The van der Waals surface area contributed by atoms with Crippen LogP contribution in [0.25, 0.3) is 6.08 Å². The summed E-state index contributed by atoms with van der Waals surface area (Å²) in [6.07, 6.45) is 3.27. The van der Waals surface area contributed by atoms with Crippen molar-refractivity contribution in [2.45, 2.75) is 6.92 Å². The Kier molecular flexibility index (Phi) is 4.37. The molecule has 0 saturated heterocycles. The Morgan fingerprint density at radius 2 is 1.89 bits per heavy atom. The fourth-order valence-electron chi connectivity index (χ4n) is 1.59. The average Bonchev–Trinajstić information content (AvgIpc) is 2.42. The first kappa shape index (κ1) is 13.4. The SMILES string of the molecule is Cc1ccc(NC(=O)C=Cc2ccccc2)cc1Cl. The molecule has 1 amide bonds. The molecule has 0 aliphatic heterocycles. The lowest BCUT2D eigenvalue weighted by atomic mass is 10.2. The van der Waals surface area contributed by atoms with Gasteiger partial charge < -0.3 is 5.32 Å².